The number of nitrogens with two attached hydrogens (primary N) is 2. The smallest absolute Gasteiger partial charge is 0.242 e. The number of anilines is 1. The summed E-state index contributed by atoms with van der Waals surface area (Å²) in [6.07, 6.45) is 1.91. The SMILES string of the molecule is NCc1c(N2CCOCC2C(N)=O)nc2ccccn12. The number of pyridine rings is 1. The molecule has 1 aliphatic heterocycles. The molecule has 1 fully saturated rings. The molecule has 0 radical (unpaired) electrons. The van der Waals surface area contributed by atoms with Crippen LogP contribution in [0.3, 0.4) is 0 Å². The molecule has 20 heavy (non-hydrogen) atoms. The molecule has 1 amide bonds. The third-order valence-corrected chi connectivity index (χ3v) is 3.53. The summed E-state index contributed by atoms with van der Waals surface area (Å²) in [6, 6.07) is 5.24. The standard InChI is InChI=1S/C13H17N5O2/c14-7-9-13(16-11-3-1-2-4-17(9)11)18-5-6-20-8-10(18)12(15)19/h1-4,10H,5-8,14H2,(H2,15,19). The summed E-state index contributed by atoms with van der Waals surface area (Å²) in [7, 11) is 0. The summed E-state index contributed by atoms with van der Waals surface area (Å²) in [5, 5.41) is 0. The number of nitrogens with zero attached hydrogens (tertiary/aromatic N) is 3. The lowest BCUT2D eigenvalue weighted by atomic mass is 10.2. The number of primary amides is 1. The van der Waals surface area contributed by atoms with Gasteiger partial charge in [-0.15, -0.1) is 0 Å². The second-order valence-corrected chi connectivity index (χ2v) is 4.70. The minimum absolute atomic E-state index is 0.285. The molecule has 0 aliphatic carbocycles. The monoisotopic (exact) mass is 275 g/mol. The Hall–Kier alpha value is -2.12. The van der Waals surface area contributed by atoms with Crippen LogP contribution in [0.25, 0.3) is 5.65 Å². The zero-order chi connectivity index (χ0) is 14.1. The van der Waals surface area contributed by atoms with Crippen LogP contribution in [0.1, 0.15) is 5.69 Å². The first-order valence-corrected chi connectivity index (χ1v) is 6.52. The molecule has 3 rings (SSSR count). The number of rotatable bonds is 3. The Bertz CT molecular complexity index is 639. The van der Waals surface area contributed by atoms with Gasteiger partial charge in [-0.25, -0.2) is 4.98 Å². The lowest BCUT2D eigenvalue weighted by Crippen LogP contribution is -2.53. The van der Waals surface area contributed by atoms with Gasteiger partial charge in [0.05, 0.1) is 18.9 Å². The number of carbonyl (C=O) groups is 1. The number of aromatic nitrogens is 2. The minimum atomic E-state index is -0.501. The average Bonchev–Trinajstić information content (AvgIpc) is 2.85. The van der Waals surface area contributed by atoms with Gasteiger partial charge < -0.3 is 25.5 Å². The van der Waals surface area contributed by atoms with Gasteiger partial charge >= 0.3 is 0 Å². The van der Waals surface area contributed by atoms with Crippen LogP contribution in [0.2, 0.25) is 0 Å². The van der Waals surface area contributed by atoms with Gasteiger partial charge in [0.25, 0.3) is 0 Å². The summed E-state index contributed by atoms with van der Waals surface area (Å²) < 4.78 is 7.27. The number of ether oxygens (including phenoxy) is 1. The zero-order valence-corrected chi connectivity index (χ0v) is 11.0. The van der Waals surface area contributed by atoms with E-state index in [0.29, 0.717) is 25.5 Å². The molecule has 1 saturated heterocycles. The fourth-order valence-corrected chi connectivity index (χ4v) is 2.55. The van der Waals surface area contributed by atoms with E-state index in [1.54, 1.807) is 0 Å². The fraction of sp³-hybridized carbons (Fsp3) is 0.385. The molecule has 1 aliphatic rings. The van der Waals surface area contributed by atoms with Gasteiger partial charge in [-0.2, -0.15) is 0 Å². The van der Waals surface area contributed by atoms with Gasteiger partial charge in [-0.05, 0) is 12.1 Å². The van der Waals surface area contributed by atoms with E-state index in [1.807, 2.05) is 33.7 Å². The van der Waals surface area contributed by atoms with Crippen molar-refractivity contribution >= 4 is 17.4 Å². The maximum absolute atomic E-state index is 11.6. The third-order valence-electron chi connectivity index (χ3n) is 3.53. The molecular weight excluding hydrogens is 258 g/mol. The van der Waals surface area contributed by atoms with Crippen LogP contribution < -0.4 is 16.4 Å². The summed E-state index contributed by atoms with van der Waals surface area (Å²) in [4.78, 5) is 18.1. The molecule has 0 saturated carbocycles. The number of hydrogen-bond acceptors (Lipinski definition) is 5. The molecule has 0 bridgehead atoms. The Morgan fingerprint density at radius 3 is 3.10 bits per heavy atom. The molecule has 4 N–H and O–H groups in total. The van der Waals surface area contributed by atoms with E-state index in [1.165, 1.54) is 0 Å². The van der Waals surface area contributed by atoms with Crippen molar-refractivity contribution in [2.24, 2.45) is 11.5 Å². The maximum atomic E-state index is 11.6. The van der Waals surface area contributed by atoms with Crippen LogP contribution in [-0.4, -0.2) is 41.1 Å². The quantitative estimate of drug-likeness (QED) is 0.785. The van der Waals surface area contributed by atoms with Crippen LogP contribution >= 0.6 is 0 Å². The number of carbonyl (C=O) groups excluding carboxylic acids is 1. The molecule has 0 aromatic carbocycles. The summed E-state index contributed by atoms with van der Waals surface area (Å²) in [5.41, 5.74) is 13.0. The van der Waals surface area contributed by atoms with Crippen molar-refractivity contribution in [3.63, 3.8) is 0 Å². The van der Waals surface area contributed by atoms with E-state index < -0.39 is 11.9 Å². The van der Waals surface area contributed by atoms with Crippen LogP contribution in [0.15, 0.2) is 24.4 Å². The molecule has 3 heterocycles. The van der Waals surface area contributed by atoms with Crippen molar-refractivity contribution in [3.05, 3.63) is 30.1 Å². The van der Waals surface area contributed by atoms with E-state index >= 15 is 0 Å². The first-order chi connectivity index (χ1) is 9.72. The molecule has 7 heteroatoms. The van der Waals surface area contributed by atoms with Crippen LogP contribution in [0.4, 0.5) is 5.82 Å². The van der Waals surface area contributed by atoms with Crippen molar-refractivity contribution < 1.29 is 9.53 Å². The predicted molar refractivity (Wildman–Crippen MR) is 74.2 cm³/mol. The summed E-state index contributed by atoms with van der Waals surface area (Å²) in [5.74, 6) is 0.301. The van der Waals surface area contributed by atoms with Crippen LogP contribution in [0.5, 0.6) is 0 Å². The first-order valence-electron chi connectivity index (χ1n) is 6.52. The largest absolute Gasteiger partial charge is 0.377 e. The van der Waals surface area contributed by atoms with Crippen molar-refractivity contribution in [3.8, 4) is 0 Å². The Balaban J connectivity index is 2.10. The molecule has 1 atom stereocenters. The van der Waals surface area contributed by atoms with E-state index in [9.17, 15) is 4.79 Å². The zero-order valence-electron chi connectivity index (χ0n) is 11.0. The summed E-state index contributed by atoms with van der Waals surface area (Å²) >= 11 is 0. The second kappa shape index (κ2) is 5.10. The average molecular weight is 275 g/mol. The highest BCUT2D eigenvalue weighted by molar-refractivity contribution is 5.84. The molecule has 2 aromatic heterocycles. The van der Waals surface area contributed by atoms with Gasteiger partial charge in [-0.3, -0.25) is 4.79 Å². The molecule has 0 spiro atoms. The topological polar surface area (TPSA) is 98.9 Å². The Morgan fingerprint density at radius 2 is 2.35 bits per heavy atom. The second-order valence-electron chi connectivity index (χ2n) is 4.70. The number of imidazole rings is 1. The van der Waals surface area contributed by atoms with E-state index in [4.69, 9.17) is 16.2 Å². The highest BCUT2D eigenvalue weighted by Crippen LogP contribution is 2.24. The first kappa shape index (κ1) is 12.9. The highest BCUT2D eigenvalue weighted by atomic mass is 16.5. The Labute approximate surface area is 116 Å². The molecule has 2 aromatic rings. The molecular formula is C13H17N5O2. The fourth-order valence-electron chi connectivity index (χ4n) is 2.55. The highest BCUT2D eigenvalue weighted by Gasteiger charge is 2.31. The molecule has 106 valence electrons. The molecule has 7 nitrogen and oxygen atoms in total. The van der Waals surface area contributed by atoms with Gasteiger partial charge in [0.2, 0.25) is 5.91 Å². The van der Waals surface area contributed by atoms with Gasteiger partial charge in [-0.1, -0.05) is 6.07 Å². The van der Waals surface area contributed by atoms with E-state index in [-0.39, 0.29) is 6.61 Å². The summed E-state index contributed by atoms with van der Waals surface area (Å²) in [6.45, 7) is 1.74. The van der Waals surface area contributed by atoms with Crippen molar-refractivity contribution in [2.75, 3.05) is 24.7 Å². The van der Waals surface area contributed by atoms with Crippen molar-refractivity contribution in [1.29, 1.82) is 0 Å². The number of hydrogen-bond donors (Lipinski definition) is 2. The van der Waals surface area contributed by atoms with Crippen LogP contribution in [-0.2, 0) is 16.1 Å². The van der Waals surface area contributed by atoms with Gasteiger partial charge in [0.1, 0.15) is 11.7 Å². The Morgan fingerprint density at radius 1 is 1.50 bits per heavy atom. The number of fused-ring (bicyclic) bond motifs is 1. The van der Waals surface area contributed by atoms with E-state index in [2.05, 4.69) is 4.98 Å². The number of morpholine rings is 1. The Kier molecular flexibility index (Phi) is 3.29. The predicted octanol–water partition coefficient (Wildman–Crippen LogP) is -0.516. The minimum Gasteiger partial charge on any atom is -0.377 e. The third kappa shape index (κ3) is 2.00. The van der Waals surface area contributed by atoms with Gasteiger partial charge in [0, 0.05) is 19.3 Å². The lowest BCUT2D eigenvalue weighted by Gasteiger charge is -2.34. The van der Waals surface area contributed by atoms with Crippen molar-refractivity contribution in [2.45, 2.75) is 12.6 Å². The van der Waals surface area contributed by atoms with Gasteiger partial charge in [0.15, 0.2) is 5.82 Å². The normalized spacial score (nSPS) is 19.4. The van der Waals surface area contributed by atoms with E-state index in [0.717, 1.165) is 11.3 Å². The number of amides is 1. The molecule has 1 unspecified atom stereocenters. The maximum Gasteiger partial charge on any atom is 0.242 e. The van der Waals surface area contributed by atoms with Crippen LogP contribution in [0, 0.1) is 0 Å². The lowest BCUT2D eigenvalue weighted by molar-refractivity contribution is -0.121. The van der Waals surface area contributed by atoms with Crippen molar-refractivity contribution in [1.82, 2.24) is 9.38 Å².